The fourth-order valence-corrected chi connectivity index (χ4v) is 4.43. The highest BCUT2D eigenvalue weighted by Crippen LogP contribution is 2.26. The molecule has 0 N–H and O–H groups in total. The molecule has 0 spiro atoms. The molecule has 1 saturated heterocycles. The molecule has 1 aliphatic heterocycles. The first kappa shape index (κ1) is 21.1. The van der Waals surface area contributed by atoms with Gasteiger partial charge >= 0.3 is 5.97 Å². The molecule has 0 amide bonds. The largest absolute Gasteiger partial charge is 0.426 e. The number of hydrogen-bond acceptors (Lipinski definition) is 5. The topological polar surface area (TPSA) is 72.9 Å². The summed E-state index contributed by atoms with van der Waals surface area (Å²) in [4.78, 5) is 12.2. The molecule has 28 heavy (non-hydrogen) atoms. The molecular weight excluding hydrogens is 425 g/mol. The number of carbonyl (C=O) groups excluding carboxylic acids is 1. The number of hydrogen-bond donors (Lipinski definition) is 0. The molecule has 1 fully saturated rings. The summed E-state index contributed by atoms with van der Waals surface area (Å²) in [5.74, 6) is -0.0882. The van der Waals surface area contributed by atoms with Crippen molar-refractivity contribution in [3.05, 3.63) is 58.1 Å². The lowest BCUT2D eigenvalue weighted by atomic mass is 10.1. The average Bonchev–Trinajstić information content (AvgIpc) is 2.70. The van der Waals surface area contributed by atoms with Gasteiger partial charge in [-0.05, 0) is 36.2 Å². The van der Waals surface area contributed by atoms with Gasteiger partial charge < -0.3 is 9.47 Å². The van der Waals surface area contributed by atoms with Crippen LogP contribution in [0.4, 0.5) is 0 Å². The summed E-state index contributed by atoms with van der Waals surface area (Å²) in [5, 5.41) is 0.692. The second kappa shape index (κ2) is 9.24. The van der Waals surface area contributed by atoms with Gasteiger partial charge in [-0.3, -0.25) is 4.79 Å². The maximum atomic E-state index is 12.6. The molecule has 2 aromatic carbocycles. The zero-order chi connectivity index (χ0) is 20.1. The quantitative estimate of drug-likeness (QED) is 0.504. The van der Waals surface area contributed by atoms with Crippen molar-refractivity contribution in [3.63, 3.8) is 0 Å². The van der Waals surface area contributed by atoms with Crippen molar-refractivity contribution in [2.75, 3.05) is 26.3 Å². The number of aryl methyl sites for hydroxylation is 1. The molecule has 2 aromatic rings. The molecule has 0 aromatic heterocycles. The summed E-state index contributed by atoms with van der Waals surface area (Å²) in [5.41, 5.74) is 0.840. The zero-order valence-corrected chi connectivity index (χ0v) is 17.3. The van der Waals surface area contributed by atoms with E-state index in [4.69, 9.17) is 32.7 Å². The Hall–Kier alpha value is -1.64. The first-order valence-corrected chi connectivity index (χ1v) is 10.9. The van der Waals surface area contributed by atoms with Crippen molar-refractivity contribution in [1.29, 1.82) is 0 Å². The third-order valence-corrected chi connectivity index (χ3v) is 6.92. The molecule has 0 atom stereocenters. The van der Waals surface area contributed by atoms with Crippen LogP contribution in [0.2, 0.25) is 10.0 Å². The molecule has 6 nitrogen and oxygen atoms in total. The van der Waals surface area contributed by atoms with Gasteiger partial charge in [0.05, 0.1) is 28.2 Å². The Morgan fingerprint density at radius 3 is 2.36 bits per heavy atom. The fourth-order valence-electron chi connectivity index (χ4n) is 2.73. The van der Waals surface area contributed by atoms with Crippen LogP contribution in [0.3, 0.4) is 0 Å². The fraction of sp³-hybridized carbons (Fsp3) is 0.316. The number of benzene rings is 2. The molecular formula is C19H19Cl2NO5S. The van der Waals surface area contributed by atoms with Crippen molar-refractivity contribution in [1.82, 2.24) is 4.31 Å². The van der Waals surface area contributed by atoms with E-state index in [0.717, 1.165) is 5.56 Å². The molecule has 150 valence electrons. The number of sulfonamides is 1. The van der Waals surface area contributed by atoms with E-state index >= 15 is 0 Å². The third-order valence-electron chi connectivity index (χ3n) is 4.27. The van der Waals surface area contributed by atoms with E-state index < -0.39 is 16.0 Å². The van der Waals surface area contributed by atoms with Gasteiger partial charge in [-0.25, -0.2) is 8.42 Å². The van der Waals surface area contributed by atoms with Crippen molar-refractivity contribution >= 4 is 39.2 Å². The summed E-state index contributed by atoms with van der Waals surface area (Å²) in [7, 11) is -3.52. The summed E-state index contributed by atoms with van der Waals surface area (Å²) in [6, 6.07) is 11.1. The van der Waals surface area contributed by atoms with Gasteiger partial charge in [-0.15, -0.1) is 0 Å². The maximum Gasteiger partial charge on any atom is 0.311 e. The minimum Gasteiger partial charge on any atom is -0.426 e. The second-order valence-corrected chi connectivity index (χ2v) is 8.96. The number of nitrogens with zero attached hydrogens (tertiary/aromatic N) is 1. The Balaban J connectivity index is 1.56. The van der Waals surface area contributed by atoms with E-state index in [9.17, 15) is 13.2 Å². The Kier molecular flexibility index (Phi) is 6.95. The molecule has 0 radical (unpaired) electrons. The van der Waals surface area contributed by atoms with Crippen molar-refractivity contribution in [3.8, 4) is 5.75 Å². The van der Waals surface area contributed by atoms with Crippen LogP contribution in [0.5, 0.6) is 5.75 Å². The predicted octanol–water partition coefficient (Wildman–Crippen LogP) is 3.55. The molecule has 0 saturated carbocycles. The summed E-state index contributed by atoms with van der Waals surface area (Å²) < 4.78 is 37.0. The average molecular weight is 444 g/mol. The van der Waals surface area contributed by atoms with Crippen LogP contribution in [0.25, 0.3) is 0 Å². The number of halogens is 2. The maximum absolute atomic E-state index is 12.6. The van der Waals surface area contributed by atoms with Crippen LogP contribution < -0.4 is 4.74 Å². The standard InChI is InChI=1S/C19H19Cl2NO5S/c20-17-7-4-15(13-18(17)21)27-19(23)8-3-14-1-5-16(6-2-14)28(24,25)22-9-11-26-12-10-22/h1-2,4-7,13H,3,8-12H2. The number of carbonyl (C=O) groups is 1. The first-order chi connectivity index (χ1) is 13.4. The summed E-state index contributed by atoms with van der Waals surface area (Å²) in [6.07, 6.45) is 0.577. The molecule has 0 aliphatic carbocycles. The first-order valence-electron chi connectivity index (χ1n) is 8.69. The van der Waals surface area contributed by atoms with Crippen LogP contribution in [0.1, 0.15) is 12.0 Å². The Bertz CT molecular complexity index is 941. The van der Waals surface area contributed by atoms with Crippen molar-refractivity contribution in [2.24, 2.45) is 0 Å². The van der Waals surface area contributed by atoms with E-state index in [1.807, 2.05) is 0 Å². The number of ether oxygens (including phenoxy) is 2. The predicted molar refractivity (Wildman–Crippen MR) is 106 cm³/mol. The van der Waals surface area contributed by atoms with Crippen LogP contribution >= 0.6 is 23.2 Å². The monoisotopic (exact) mass is 443 g/mol. The minimum absolute atomic E-state index is 0.149. The lowest BCUT2D eigenvalue weighted by molar-refractivity contribution is -0.134. The lowest BCUT2D eigenvalue weighted by Crippen LogP contribution is -2.40. The highest BCUT2D eigenvalue weighted by Gasteiger charge is 2.26. The summed E-state index contributed by atoms with van der Waals surface area (Å²) in [6.45, 7) is 1.51. The van der Waals surface area contributed by atoms with Crippen LogP contribution in [0.15, 0.2) is 47.4 Å². The molecule has 3 rings (SSSR count). The van der Waals surface area contributed by atoms with Crippen molar-refractivity contribution < 1.29 is 22.7 Å². The number of morpholine rings is 1. The second-order valence-electron chi connectivity index (χ2n) is 6.21. The van der Waals surface area contributed by atoms with E-state index in [0.29, 0.717) is 48.5 Å². The van der Waals surface area contributed by atoms with E-state index in [1.165, 1.54) is 10.4 Å². The summed E-state index contributed by atoms with van der Waals surface area (Å²) >= 11 is 11.7. The van der Waals surface area contributed by atoms with Gasteiger partial charge in [-0.2, -0.15) is 4.31 Å². The Labute approximate surface area is 174 Å². The van der Waals surface area contributed by atoms with Gasteiger partial charge in [0.25, 0.3) is 0 Å². The van der Waals surface area contributed by atoms with Crippen LogP contribution in [-0.2, 0) is 26.0 Å². The number of esters is 1. The van der Waals surface area contributed by atoms with E-state index in [2.05, 4.69) is 0 Å². The van der Waals surface area contributed by atoms with Crippen molar-refractivity contribution in [2.45, 2.75) is 17.7 Å². The third kappa shape index (κ3) is 5.24. The smallest absolute Gasteiger partial charge is 0.311 e. The normalized spacial score (nSPS) is 15.4. The molecule has 0 bridgehead atoms. The van der Waals surface area contributed by atoms with Gasteiger partial charge in [0, 0.05) is 25.6 Å². The molecule has 9 heteroatoms. The highest BCUT2D eigenvalue weighted by atomic mass is 35.5. The lowest BCUT2D eigenvalue weighted by Gasteiger charge is -2.26. The van der Waals surface area contributed by atoms with Crippen LogP contribution in [0, 0.1) is 0 Å². The van der Waals surface area contributed by atoms with Gasteiger partial charge in [0.15, 0.2) is 0 Å². The molecule has 1 aliphatic rings. The molecule has 0 unspecified atom stereocenters. The van der Waals surface area contributed by atoms with Gasteiger partial charge in [0.1, 0.15) is 5.75 Å². The number of rotatable bonds is 6. The van der Waals surface area contributed by atoms with Gasteiger partial charge in [0.2, 0.25) is 10.0 Å². The molecule has 1 heterocycles. The zero-order valence-electron chi connectivity index (χ0n) is 14.9. The Morgan fingerprint density at radius 2 is 1.71 bits per heavy atom. The SMILES string of the molecule is O=C(CCc1ccc(S(=O)(=O)N2CCOCC2)cc1)Oc1ccc(Cl)c(Cl)c1. The minimum atomic E-state index is -3.52. The van der Waals surface area contributed by atoms with Gasteiger partial charge in [-0.1, -0.05) is 35.3 Å². The highest BCUT2D eigenvalue weighted by molar-refractivity contribution is 7.89. The van der Waals surface area contributed by atoms with Crippen LogP contribution in [-0.4, -0.2) is 45.0 Å². The van der Waals surface area contributed by atoms with E-state index in [1.54, 1.807) is 36.4 Å². The Morgan fingerprint density at radius 1 is 1.04 bits per heavy atom. The van der Waals surface area contributed by atoms with E-state index in [-0.39, 0.29) is 11.3 Å².